The van der Waals surface area contributed by atoms with Crippen LogP contribution in [-0.2, 0) is 11.4 Å². The van der Waals surface area contributed by atoms with Gasteiger partial charge in [0.15, 0.2) is 11.5 Å². The first-order chi connectivity index (χ1) is 15.9. The molecule has 9 heteroatoms. The summed E-state index contributed by atoms with van der Waals surface area (Å²) in [6, 6.07) is 17.2. The Morgan fingerprint density at radius 2 is 1.82 bits per heavy atom. The molecule has 3 amide bonds. The van der Waals surface area contributed by atoms with E-state index < -0.39 is 11.9 Å². The van der Waals surface area contributed by atoms with Gasteiger partial charge in [0.2, 0.25) is 0 Å². The number of urea groups is 1. The number of ether oxygens (including phenoxy) is 2. The molecule has 1 aliphatic rings. The Balaban J connectivity index is 1.58. The number of methoxy groups -OCH3 is 1. The summed E-state index contributed by atoms with van der Waals surface area (Å²) in [5.74, 6) is 0.293. The predicted octanol–water partition coefficient (Wildman–Crippen LogP) is 6.28. The summed E-state index contributed by atoms with van der Waals surface area (Å²) >= 11 is 14.7. The minimum atomic E-state index is -0.566. The Morgan fingerprint density at radius 1 is 1.06 bits per heavy atom. The number of amides is 3. The van der Waals surface area contributed by atoms with E-state index in [2.05, 4.69) is 27.9 Å². The second-order valence-corrected chi connectivity index (χ2v) is 9.15. The van der Waals surface area contributed by atoms with Gasteiger partial charge in [-0.05, 0) is 82.3 Å². The number of hydrogen-bond donors (Lipinski definition) is 1. The van der Waals surface area contributed by atoms with Gasteiger partial charge in [-0.2, -0.15) is 0 Å². The Bertz CT molecular complexity index is 1260. The maximum atomic E-state index is 12.9. The Morgan fingerprint density at radius 3 is 2.52 bits per heavy atom. The highest BCUT2D eigenvalue weighted by Gasteiger charge is 2.35. The number of nitrogens with zero attached hydrogens (tertiary/aromatic N) is 1. The average Bonchev–Trinajstić information content (AvgIpc) is 3.06. The number of rotatable bonds is 6. The van der Waals surface area contributed by atoms with E-state index in [0.717, 1.165) is 14.0 Å². The monoisotopic (exact) mass is 594 g/mol. The topological polar surface area (TPSA) is 67.9 Å². The summed E-state index contributed by atoms with van der Waals surface area (Å²) in [6.45, 7) is 0.316. The molecule has 33 heavy (non-hydrogen) atoms. The normalized spacial score (nSPS) is 14.5. The summed E-state index contributed by atoms with van der Waals surface area (Å²) in [7, 11) is 1.50. The fraction of sp³-hybridized carbons (Fsp3) is 0.0833. The van der Waals surface area contributed by atoms with Crippen molar-refractivity contribution in [2.75, 3.05) is 12.0 Å². The van der Waals surface area contributed by atoms with Crippen molar-refractivity contribution in [1.82, 2.24) is 5.32 Å². The number of hydrogen-bond acceptors (Lipinski definition) is 4. The van der Waals surface area contributed by atoms with Crippen LogP contribution < -0.4 is 19.7 Å². The van der Waals surface area contributed by atoms with E-state index in [9.17, 15) is 9.59 Å². The van der Waals surface area contributed by atoms with Gasteiger partial charge in [0.1, 0.15) is 12.3 Å². The van der Waals surface area contributed by atoms with Crippen LogP contribution in [0.1, 0.15) is 11.1 Å². The van der Waals surface area contributed by atoms with Gasteiger partial charge in [-0.15, -0.1) is 0 Å². The number of nitrogens with one attached hydrogen (secondary N) is 1. The van der Waals surface area contributed by atoms with Crippen molar-refractivity contribution in [2.24, 2.45) is 0 Å². The Kier molecular flexibility index (Phi) is 7.11. The van der Waals surface area contributed by atoms with E-state index in [1.54, 1.807) is 36.4 Å². The predicted molar refractivity (Wildman–Crippen MR) is 137 cm³/mol. The molecular weight excluding hydrogens is 578 g/mol. The molecule has 1 N–H and O–H groups in total. The zero-order valence-electron chi connectivity index (χ0n) is 17.3. The number of carbonyl (C=O) groups is 2. The first kappa shape index (κ1) is 23.4. The molecule has 1 heterocycles. The zero-order chi connectivity index (χ0) is 23.5. The maximum absolute atomic E-state index is 12.9. The molecule has 6 nitrogen and oxygen atoms in total. The van der Waals surface area contributed by atoms with Gasteiger partial charge in [0.05, 0.1) is 17.8 Å². The lowest BCUT2D eigenvalue weighted by Gasteiger charge is -2.14. The van der Waals surface area contributed by atoms with Crippen molar-refractivity contribution in [3.63, 3.8) is 0 Å². The van der Waals surface area contributed by atoms with Crippen LogP contribution >= 0.6 is 45.8 Å². The molecule has 0 spiro atoms. The molecule has 1 aliphatic heterocycles. The van der Waals surface area contributed by atoms with E-state index >= 15 is 0 Å². The standard InChI is InChI=1S/C24H17Cl2IN2O4/c1-32-21-11-15(9-19(26)22(21)33-13-14-5-7-17(27)8-6-14)10-20-23(30)29(24(31)28-20)18-4-2-3-16(25)12-18/h2-12H,13H2,1H3,(H,28,31)/b20-10+. The highest BCUT2D eigenvalue weighted by molar-refractivity contribution is 14.1. The minimum absolute atomic E-state index is 0.102. The molecule has 0 radical (unpaired) electrons. The minimum Gasteiger partial charge on any atom is -0.493 e. The first-order valence-electron chi connectivity index (χ1n) is 9.73. The molecule has 0 aromatic heterocycles. The van der Waals surface area contributed by atoms with Crippen molar-refractivity contribution in [3.8, 4) is 11.5 Å². The molecule has 0 aliphatic carbocycles. The molecular formula is C24H17Cl2IN2O4. The molecule has 4 rings (SSSR count). The number of imide groups is 1. The van der Waals surface area contributed by atoms with Crippen LogP contribution in [0.4, 0.5) is 10.5 Å². The largest absolute Gasteiger partial charge is 0.493 e. The van der Waals surface area contributed by atoms with Crippen LogP contribution in [0.3, 0.4) is 0 Å². The molecule has 3 aromatic carbocycles. The third-order valence-electron chi connectivity index (χ3n) is 4.80. The van der Waals surface area contributed by atoms with Gasteiger partial charge in [-0.3, -0.25) is 4.79 Å². The van der Waals surface area contributed by atoms with Crippen LogP contribution in [0.25, 0.3) is 6.08 Å². The third kappa shape index (κ3) is 5.26. The summed E-state index contributed by atoms with van der Waals surface area (Å²) in [5.41, 5.74) is 2.03. The highest BCUT2D eigenvalue weighted by Crippen LogP contribution is 2.38. The summed E-state index contributed by atoms with van der Waals surface area (Å²) in [4.78, 5) is 26.3. The van der Waals surface area contributed by atoms with E-state index in [1.165, 1.54) is 13.2 Å². The molecule has 1 fully saturated rings. The lowest BCUT2D eigenvalue weighted by Crippen LogP contribution is -2.30. The van der Waals surface area contributed by atoms with Crippen molar-refractivity contribution in [3.05, 3.63) is 91.1 Å². The van der Waals surface area contributed by atoms with Crippen LogP contribution in [0.5, 0.6) is 11.5 Å². The third-order valence-corrected chi connectivity index (χ3v) is 6.04. The van der Waals surface area contributed by atoms with Crippen molar-refractivity contribution in [1.29, 1.82) is 0 Å². The van der Waals surface area contributed by atoms with E-state index in [-0.39, 0.29) is 5.70 Å². The van der Waals surface area contributed by atoms with Crippen LogP contribution in [0.15, 0.2) is 66.4 Å². The highest BCUT2D eigenvalue weighted by atomic mass is 127. The second-order valence-electron chi connectivity index (χ2n) is 7.06. The van der Waals surface area contributed by atoms with E-state index in [0.29, 0.717) is 39.4 Å². The van der Waals surface area contributed by atoms with Crippen molar-refractivity contribution < 1.29 is 19.1 Å². The molecule has 1 saturated heterocycles. The van der Waals surface area contributed by atoms with Gasteiger partial charge in [0, 0.05) is 8.59 Å². The van der Waals surface area contributed by atoms with Crippen LogP contribution in [-0.4, -0.2) is 19.0 Å². The Hall–Kier alpha value is -2.75. The fourth-order valence-electron chi connectivity index (χ4n) is 3.25. The molecule has 0 unspecified atom stereocenters. The zero-order valence-corrected chi connectivity index (χ0v) is 20.9. The number of halogens is 3. The van der Waals surface area contributed by atoms with Gasteiger partial charge >= 0.3 is 6.03 Å². The molecule has 0 saturated carbocycles. The van der Waals surface area contributed by atoms with Gasteiger partial charge in [0.25, 0.3) is 5.91 Å². The average molecular weight is 595 g/mol. The second kappa shape index (κ2) is 10.0. The number of anilines is 1. The smallest absolute Gasteiger partial charge is 0.333 e. The molecule has 0 bridgehead atoms. The molecule has 168 valence electrons. The first-order valence-corrected chi connectivity index (χ1v) is 11.6. The number of benzene rings is 3. The van der Waals surface area contributed by atoms with Gasteiger partial charge in [-0.1, -0.05) is 41.4 Å². The lowest BCUT2D eigenvalue weighted by molar-refractivity contribution is -0.113. The lowest BCUT2D eigenvalue weighted by atomic mass is 10.1. The number of carbonyl (C=O) groups excluding carboxylic acids is 2. The summed E-state index contributed by atoms with van der Waals surface area (Å²) in [6.07, 6.45) is 1.53. The van der Waals surface area contributed by atoms with Crippen molar-refractivity contribution >= 4 is 69.5 Å². The summed E-state index contributed by atoms with van der Waals surface area (Å²) in [5, 5.41) is 3.32. The molecule has 0 atom stereocenters. The Labute approximate surface area is 214 Å². The quantitative estimate of drug-likeness (QED) is 0.207. The van der Waals surface area contributed by atoms with E-state index in [1.807, 2.05) is 24.3 Å². The molecule has 3 aromatic rings. The van der Waals surface area contributed by atoms with Gasteiger partial charge in [-0.25, -0.2) is 9.69 Å². The van der Waals surface area contributed by atoms with Crippen LogP contribution in [0, 0.1) is 3.57 Å². The van der Waals surface area contributed by atoms with Crippen LogP contribution in [0.2, 0.25) is 10.0 Å². The maximum Gasteiger partial charge on any atom is 0.333 e. The van der Waals surface area contributed by atoms with Crippen molar-refractivity contribution in [2.45, 2.75) is 6.61 Å². The van der Waals surface area contributed by atoms with Gasteiger partial charge < -0.3 is 14.8 Å². The van der Waals surface area contributed by atoms with E-state index in [4.69, 9.17) is 32.7 Å². The fourth-order valence-corrected chi connectivity index (χ4v) is 4.07. The SMILES string of the molecule is COc1cc(/C=C2/NC(=O)N(c3cccc(Cl)c3)C2=O)cc(Cl)c1OCc1ccc(I)cc1. The summed E-state index contributed by atoms with van der Waals surface area (Å²) < 4.78 is 12.5.